The SMILES string of the molecule is CCOc1cc2c(S)ccc(I)c2s1. The molecule has 0 saturated heterocycles. The molecule has 0 atom stereocenters. The van der Waals surface area contributed by atoms with E-state index in [0.29, 0.717) is 6.61 Å². The first kappa shape index (κ1) is 10.6. The molecule has 1 heterocycles. The third kappa shape index (κ3) is 1.87. The average molecular weight is 336 g/mol. The molecule has 0 aliphatic heterocycles. The summed E-state index contributed by atoms with van der Waals surface area (Å²) in [5, 5.41) is 2.16. The van der Waals surface area contributed by atoms with E-state index in [0.717, 1.165) is 9.96 Å². The molecule has 2 aromatic rings. The van der Waals surface area contributed by atoms with Crippen LogP contribution < -0.4 is 4.74 Å². The summed E-state index contributed by atoms with van der Waals surface area (Å²) in [5.74, 6) is 0. The highest BCUT2D eigenvalue weighted by Gasteiger charge is 2.07. The van der Waals surface area contributed by atoms with Crippen molar-refractivity contribution in [2.75, 3.05) is 6.61 Å². The summed E-state index contributed by atoms with van der Waals surface area (Å²) in [6, 6.07) is 6.17. The first-order chi connectivity index (χ1) is 6.72. The Hall–Kier alpha value is 0.0600. The Morgan fingerprint density at radius 1 is 1.50 bits per heavy atom. The van der Waals surface area contributed by atoms with Crippen LogP contribution >= 0.6 is 46.6 Å². The second-order valence-electron chi connectivity index (χ2n) is 2.81. The molecule has 0 spiro atoms. The van der Waals surface area contributed by atoms with Gasteiger partial charge in [-0.05, 0) is 41.6 Å². The van der Waals surface area contributed by atoms with Crippen LogP contribution in [0.1, 0.15) is 6.92 Å². The van der Waals surface area contributed by atoms with E-state index < -0.39 is 0 Å². The van der Waals surface area contributed by atoms with Crippen LogP contribution in [0, 0.1) is 3.57 Å². The van der Waals surface area contributed by atoms with E-state index in [1.807, 2.05) is 13.0 Å². The van der Waals surface area contributed by atoms with Gasteiger partial charge in [0.15, 0.2) is 5.06 Å². The highest BCUT2D eigenvalue weighted by Crippen LogP contribution is 2.37. The van der Waals surface area contributed by atoms with Crippen molar-refractivity contribution >= 4 is 56.6 Å². The number of benzene rings is 1. The van der Waals surface area contributed by atoms with Crippen molar-refractivity contribution in [2.45, 2.75) is 11.8 Å². The molecule has 1 aromatic carbocycles. The van der Waals surface area contributed by atoms with Gasteiger partial charge in [0, 0.05) is 19.9 Å². The lowest BCUT2D eigenvalue weighted by Crippen LogP contribution is -1.86. The number of halogens is 1. The number of thiol groups is 1. The molecule has 0 amide bonds. The maximum absolute atomic E-state index is 5.48. The maximum atomic E-state index is 5.48. The summed E-state index contributed by atoms with van der Waals surface area (Å²) in [7, 11) is 0. The zero-order valence-electron chi connectivity index (χ0n) is 7.58. The minimum atomic E-state index is 0.714. The van der Waals surface area contributed by atoms with Crippen LogP contribution in [0.4, 0.5) is 0 Å². The van der Waals surface area contributed by atoms with Crippen molar-refractivity contribution in [3.8, 4) is 5.06 Å². The van der Waals surface area contributed by atoms with Gasteiger partial charge in [0.05, 0.1) is 11.3 Å². The van der Waals surface area contributed by atoms with E-state index in [9.17, 15) is 0 Å². The van der Waals surface area contributed by atoms with E-state index in [-0.39, 0.29) is 0 Å². The summed E-state index contributed by atoms with van der Waals surface area (Å²) in [6.07, 6.45) is 0. The fraction of sp³-hybridized carbons (Fsp3) is 0.200. The minimum Gasteiger partial charge on any atom is -0.484 e. The lowest BCUT2D eigenvalue weighted by Gasteiger charge is -1.95. The Balaban J connectivity index is 2.63. The van der Waals surface area contributed by atoms with E-state index >= 15 is 0 Å². The quantitative estimate of drug-likeness (QED) is 0.639. The second-order valence-corrected chi connectivity index (χ2v) is 5.47. The van der Waals surface area contributed by atoms with Gasteiger partial charge in [-0.15, -0.1) is 12.6 Å². The number of hydrogen-bond donors (Lipinski definition) is 1. The summed E-state index contributed by atoms with van der Waals surface area (Å²) in [5.41, 5.74) is 0. The van der Waals surface area contributed by atoms with Gasteiger partial charge in [0.1, 0.15) is 0 Å². The largest absolute Gasteiger partial charge is 0.484 e. The molecular weight excluding hydrogens is 327 g/mol. The Morgan fingerprint density at radius 2 is 2.29 bits per heavy atom. The van der Waals surface area contributed by atoms with Gasteiger partial charge in [-0.2, -0.15) is 0 Å². The van der Waals surface area contributed by atoms with Crippen molar-refractivity contribution in [1.82, 2.24) is 0 Å². The predicted molar refractivity (Wildman–Crippen MR) is 73.0 cm³/mol. The zero-order chi connectivity index (χ0) is 10.1. The molecule has 0 N–H and O–H groups in total. The average Bonchev–Trinajstić information content (AvgIpc) is 2.57. The van der Waals surface area contributed by atoms with Crippen LogP contribution in [-0.2, 0) is 0 Å². The summed E-state index contributed by atoms with van der Waals surface area (Å²) >= 11 is 8.45. The van der Waals surface area contributed by atoms with Crippen LogP contribution in [0.5, 0.6) is 5.06 Å². The zero-order valence-corrected chi connectivity index (χ0v) is 11.4. The molecule has 1 nitrogen and oxygen atoms in total. The maximum Gasteiger partial charge on any atom is 0.174 e. The fourth-order valence-corrected chi connectivity index (χ4v) is 3.39. The number of rotatable bonds is 2. The van der Waals surface area contributed by atoms with E-state index in [2.05, 4.69) is 47.4 Å². The van der Waals surface area contributed by atoms with Crippen LogP contribution in [-0.4, -0.2) is 6.61 Å². The normalized spacial score (nSPS) is 10.8. The monoisotopic (exact) mass is 336 g/mol. The standard InChI is InChI=1S/C10H9IOS2/c1-2-12-9-5-6-8(13)4-3-7(11)10(6)14-9/h3-5,13H,2H2,1H3. The third-order valence-corrected chi connectivity index (χ3v) is 4.61. The lowest BCUT2D eigenvalue weighted by molar-refractivity contribution is 0.350. The topological polar surface area (TPSA) is 9.23 Å². The van der Waals surface area contributed by atoms with Crippen molar-refractivity contribution < 1.29 is 4.74 Å². The van der Waals surface area contributed by atoms with Gasteiger partial charge in [-0.1, -0.05) is 11.3 Å². The summed E-state index contributed by atoms with van der Waals surface area (Å²) < 4.78 is 8.00. The van der Waals surface area contributed by atoms with Crippen LogP contribution in [0.25, 0.3) is 10.1 Å². The highest BCUT2D eigenvalue weighted by molar-refractivity contribution is 14.1. The van der Waals surface area contributed by atoms with Gasteiger partial charge in [0.25, 0.3) is 0 Å². The minimum absolute atomic E-state index is 0.714. The molecule has 0 radical (unpaired) electrons. The molecule has 0 bridgehead atoms. The number of fused-ring (bicyclic) bond motifs is 1. The van der Waals surface area contributed by atoms with E-state index in [1.54, 1.807) is 11.3 Å². The van der Waals surface area contributed by atoms with Gasteiger partial charge in [0.2, 0.25) is 0 Å². The van der Waals surface area contributed by atoms with Crippen molar-refractivity contribution in [3.05, 3.63) is 21.8 Å². The Morgan fingerprint density at radius 3 is 2.93 bits per heavy atom. The van der Waals surface area contributed by atoms with Crippen molar-refractivity contribution in [3.63, 3.8) is 0 Å². The fourth-order valence-electron chi connectivity index (χ4n) is 1.27. The smallest absolute Gasteiger partial charge is 0.174 e. The molecular formula is C10H9IOS2. The van der Waals surface area contributed by atoms with Crippen LogP contribution in [0.15, 0.2) is 23.1 Å². The molecule has 4 heteroatoms. The van der Waals surface area contributed by atoms with Gasteiger partial charge < -0.3 is 4.74 Å². The van der Waals surface area contributed by atoms with Crippen molar-refractivity contribution in [1.29, 1.82) is 0 Å². The molecule has 0 aliphatic rings. The predicted octanol–water partition coefficient (Wildman–Crippen LogP) is 4.19. The van der Waals surface area contributed by atoms with Crippen LogP contribution in [0.2, 0.25) is 0 Å². The first-order valence-electron chi connectivity index (χ1n) is 4.26. The van der Waals surface area contributed by atoms with Crippen molar-refractivity contribution in [2.24, 2.45) is 0 Å². The first-order valence-corrected chi connectivity index (χ1v) is 6.60. The van der Waals surface area contributed by atoms with E-state index in [4.69, 9.17) is 4.74 Å². The number of thiophene rings is 1. The third-order valence-electron chi connectivity index (χ3n) is 1.88. The molecule has 0 saturated carbocycles. The van der Waals surface area contributed by atoms with E-state index in [1.165, 1.54) is 13.7 Å². The number of ether oxygens (including phenoxy) is 1. The molecule has 1 aromatic heterocycles. The van der Waals surface area contributed by atoms with Gasteiger partial charge >= 0.3 is 0 Å². The Labute approximate surface area is 106 Å². The summed E-state index contributed by atoms with van der Waals surface area (Å²) in [4.78, 5) is 1.02. The summed E-state index contributed by atoms with van der Waals surface area (Å²) in [6.45, 7) is 2.71. The van der Waals surface area contributed by atoms with Gasteiger partial charge in [-0.25, -0.2) is 0 Å². The Bertz CT molecular complexity index is 425. The number of hydrogen-bond acceptors (Lipinski definition) is 3. The second kappa shape index (κ2) is 4.28. The van der Waals surface area contributed by atoms with Crippen LogP contribution in [0.3, 0.4) is 0 Å². The molecule has 2 rings (SSSR count). The molecule has 0 fully saturated rings. The molecule has 74 valence electrons. The molecule has 14 heavy (non-hydrogen) atoms. The Kier molecular flexibility index (Phi) is 3.23. The highest BCUT2D eigenvalue weighted by atomic mass is 127. The van der Waals surface area contributed by atoms with Gasteiger partial charge in [-0.3, -0.25) is 0 Å². The lowest BCUT2D eigenvalue weighted by atomic mass is 10.3. The molecule has 0 aliphatic carbocycles. The molecule has 0 unspecified atom stereocenters.